The van der Waals surface area contributed by atoms with Crippen LogP contribution in [0.25, 0.3) is 33.4 Å². The Morgan fingerprint density at radius 2 is 1.66 bits per heavy atom. The predicted octanol–water partition coefficient (Wildman–Crippen LogP) is 5.07. The molecular formula is C39H54N5O6+. The van der Waals surface area contributed by atoms with Crippen LogP contribution in [0.15, 0.2) is 52.9 Å². The van der Waals surface area contributed by atoms with Gasteiger partial charge in [0.25, 0.3) is 0 Å². The average Bonchev–Trinajstić information content (AvgIpc) is 3.08. The van der Waals surface area contributed by atoms with E-state index in [1.54, 1.807) is 7.11 Å². The molecule has 1 amide bonds. The molecule has 2 aliphatic rings. The molecule has 4 rings (SSSR count). The molecule has 1 aliphatic heterocycles. The van der Waals surface area contributed by atoms with Gasteiger partial charge in [-0.1, -0.05) is 0 Å². The first-order valence-corrected chi connectivity index (χ1v) is 17.3. The highest BCUT2D eigenvalue weighted by atomic mass is 16.6. The first kappa shape index (κ1) is 38.0. The number of hydrogen-bond acceptors (Lipinski definition) is 9. The molecule has 11 heteroatoms. The monoisotopic (exact) mass is 688 g/mol. The highest BCUT2D eigenvalue weighted by Crippen LogP contribution is 2.47. The minimum atomic E-state index is -0.319. The molecule has 50 heavy (non-hydrogen) atoms. The van der Waals surface area contributed by atoms with Crippen molar-refractivity contribution < 1.29 is 28.2 Å². The highest BCUT2D eigenvalue weighted by molar-refractivity contribution is 6.05. The third-order valence-corrected chi connectivity index (χ3v) is 8.64. The number of nitrogens with zero attached hydrogens (tertiary/aromatic N) is 4. The Hall–Kier alpha value is -4.77. The van der Waals surface area contributed by atoms with Gasteiger partial charge in [0.2, 0.25) is 11.3 Å². The van der Waals surface area contributed by atoms with Crippen LogP contribution in [0.3, 0.4) is 0 Å². The van der Waals surface area contributed by atoms with Crippen molar-refractivity contribution in [1.29, 1.82) is 0 Å². The van der Waals surface area contributed by atoms with Gasteiger partial charge in [0.05, 0.1) is 31.2 Å². The van der Waals surface area contributed by atoms with Gasteiger partial charge in [-0.3, -0.25) is 9.59 Å². The normalized spacial score (nSPS) is 11.1. The van der Waals surface area contributed by atoms with Gasteiger partial charge in [0, 0.05) is 114 Å². The fourth-order valence-electron chi connectivity index (χ4n) is 5.96. The number of esters is 1. The average molecular weight is 689 g/mol. The molecule has 0 saturated heterocycles. The van der Waals surface area contributed by atoms with Gasteiger partial charge in [-0.25, -0.2) is 4.58 Å². The molecule has 0 fully saturated rings. The molecule has 0 saturated carbocycles. The van der Waals surface area contributed by atoms with Crippen molar-refractivity contribution in [3.05, 3.63) is 53.9 Å². The summed E-state index contributed by atoms with van der Waals surface area (Å²) in [5.41, 5.74) is 6.99. The number of ether oxygens (including phenoxy) is 3. The molecule has 0 bridgehead atoms. The molecule has 11 nitrogen and oxygen atoms in total. The van der Waals surface area contributed by atoms with E-state index in [2.05, 4.69) is 94.1 Å². The summed E-state index contributed by atoms with van der Waals surface area (Å²) in [6, 6.07) is 17.0. The van der Waals surface area contributed by atoms with E-state index in [9.17, 15) is 9.59 Å². The van der Waals surface area contributed by atoms with Gasteiger partial charge in [-0.05, 0) is 44.0 Å². The van der Waals surface area contributed by atoms with E-state index in [4.69, 9.17) is 18.6 Å². The van der Waals surface area contributed by atoms with Gasteiger partial charge >= 0.3 is 5.97 Å². The maximum Gasteiger partial charge on any atom is 0.302 e. The number of carbonyl (C=O) groups is 2. The molecule has 0 spiro atoms. The van der Waals surface area contributed by atoms with Crippen molar-refractivity contribution in [2.24, 2.45) is 0 Å². The van der Waals surface area contributed by atoms with Gasteiger partial charge in [-0.15, -0.1) is 0 Å². The van der Waals surface area contributed by atoms with Crippen LogP contribution in [-0.2, 0) is 19.1 Å². The van der Waals surface area contributed by atoms with E-state index >= 15 is 0 Å². The van der Waals surface area contributed by atoms with Crippen molar-refractivity contribution in [2.75, 3.05) is 104 Å². The summed E-state index contributed by atoms with van der Waals surface area (Å²) in [5, 5.41) is 5.04. The number of carbonyl (C=O) groups excluding carboxylic acids is 2. The molecule has 2 aromatic carbocycles. The number of amides is 1. The summed E-state index contributed by atoms with van der Waals surface area (Å²) in [7, 11) is 13.9. The maximum atomic E-state index is 12.6. The first-order chi connectivity index (χ1) is 23.9. The van der Waals surface area contributed by atoms with Gasteiger partial charge in [-0.2, -0.15) is 0 Å². The van der Waals surface area contributed by atoms with Gasteiger partial charge in [0.1, 0.15) is 37.8 Å². The van der Waals surface area contributed by atoms with Crippen LogP contribution in [0.4, 0.5) is 17.1 Å². The molecule has 0 unspecified atom stereocenters. The number of hydrogen-bond donors (Lipinski definition) is 1. The summed E-state index contributed by atoms with van der Waals surface area (Å²) >= 11 is 0. The quantitative estimate of drug-likeness (QED) is 0.0706. The van der Waals surface area contributed by atoms with Crippen molar-refractivity contribution in [3.63, 3.8) is 0 Å². The zero-order valence-electron chi connectivity index (χ0n) is 31.2. The number of benzene rings is 3. The first-order valence-electron chi connectivity index (χ1n) is 17.3. The minimum absolute atomic E-state index is 0.0184. The topological polar surface area (TPSA) is 99.7 Å². The lowest BCUT2D eigenvalue weighted by atomic mass is 9.92. The van der Waals surface area contributed by atoms with Crippen molar-refractivity contribution >= 4 is 39.9 Å². The van der Waals surface area contributed by atoms with E-state index in [0.29, 0.717) is 45.6 Å². The highest BCUT2D eigenvalue weighted by Gasteiger charge is 2.24. The summed E-state index contributed by atoms with van der Waals surface area (Å²) in [6.07, 6.45) is 1.82. The van der Waals surface area contributed by atoms with Crippen LogP contribution < -0.4 is 34.7 Å². The second-order valence-electron chi connectivity index (χ2n) is 12.9. The van der Waals surface area contributed by atoms with Crippen molar-refractivity contribution in [2.45, 2.75) is 33.1 Å². The van der Waals surface area contributed by atoms with E-state index in [1.807, 2.05) is 28.2 Å². The van der Waals surface area contributed by atoms with Crippen molar-refractivity contribution in [3.8, 4) is 28.2 Å². The van der Waals surface area contributed by atoms with Crippen LogP contribution in [0.1, 0.15) is 33.1 Å². The zero-order valence-corrected chi connectivity index (χ0v) is 31.2. The van der Waals surface area contributed by atoms with Gasteiger partial charge < -0.3 is 38.6 Å². The summed E-state index contributed by atoms with van der Waals surface area (Å²) in [4.78, 5) is 29.9. The number of methoxy groups -OCH3 is 1. The lowest BCUT2D eigenvalue weighted by molar-refractivity contribution is -0.142. The van der Waals surface area contributed by atoms with Gasteiger partial charge in [0.15, 0.2) is 0 Å². The molecule has 270 valence electrons. The van der Waals surface area contributed by atoms with Crippen LogP contribution in [0.5, 0.6) is 5.75 Å². The minimum Gasteiger partial charge on any atom is -0.496 e. The Morgan fingerprint density at radius 3 is 2.32 bits per heavy atom. The molecule has 1 N–H and O–H groups in total. The largest absolute Gasteiger partial charge is 0.496 e. The number of rotatable bonds is 17. The third kappa shape index (κ3) is 9.47. The van der Waals surface area contributed by atoms with E-state index in [-0.39, 0.29) is 18.5 Å². The number of fused-ring (bicyclic) bond motifs is 2. The zero-order chi connectivity index (χ0) is 36.4. The molecule has 0 atom stereocenters. The second kappa shape index (κ2) is 17.8. The maximum absolute atomic E-state index is 12.6. The summed E-state index contributed by atoms with van der Waals surface area (Å²) in [6.45, 7) is 6.61. The third-order valence-electron chi connectivity index (χ3n) is 8.64. The van der Waals surface area contributed by atoms with Crippen LogP contribution >= 0.6 is 0 Å². The fourth-order valence-corrected chi connectivity index (χ4v) is 5.96. The fraction of sp³-hybridized carbons (Fsp3) is 0.462. The van der Waals surface area contributed by atoms with E-state index in [0.717, 1.165) is 68.1 Å². The van der Waals surface area contributed by atoms with E-state index in [1.165, 1.54) is 6.92 Å². The SMILES string of the molecule is CCN(CCCC(=O)NCCCOCCOC(C)=O)c1cc(OC)c(-c2c3ccc(=[N+](C)C)cc-3oc3cc(N(C)C)ccc23)cc1N(C)C. The standard InChI is InChI=1S/C39H53N5O6/c1-10-44(19-11-13-38(46)40-18-12-20-48-21-22-49-27(2)45)34-26-35(47-9)32(25-33(34)43(7)8)39-30-16-14-28(41(3)4)23-36(30)50-37-24-29(42(5)6)15-17-31(37)39/h14-17,23-26H,10-13,18-22H2,1-9H3/p+1. The Morgan fingerprint density at radius 1 is 0.880 bits per heavy atom. The Kier molecular flexibility index (Phi) is 13.5. The Labute approximate surface area is 296 Å². The van der Waals surface area contributed by atoms with Crippen molar-refractivity contribution in [1.82, 2.24) is 9.89 Å². The number of nitrogens with one attached hydrogen (secondary N) is 1. The summed E-state index contributed by atoms with van der Waals surface area (Å²) < 4.78 is 25.1. The second-order valence-corrected chi connectivity index (χ2v) is 12.9. The lowest BCUT2D eigenvalue weighted by Crippen LogP contribution is -2.29. The molecular weight excluding hydrogens is 634 g/mol. The Bertz CT molecular complexity index is 1810. The van der Waals surface area contributed by atoms with Crippen LogP contribution in [0.2, 0.25) is 0 Å². The molecule has 0 radical (unpaired) electrons. The lowest BCUT2D eigenvalue weighted by Gasteiger charge is -2.30. The molecule has 1 heterocycles. The smallest absolute Gasteiger partial charge is 0.302 e. The predicted molar refractivity (Wildman–Crippen MR) is 203 cm³/mol. The molecule has 0 aromatic heterocycles. The van der Waals surface area contributed by atoms with E-state index < -0.39 is 0 Å². The Balaban J connectivity index is 1.60. The summed E-state index contributed by atoms with van der Waals surface area (Å²) in [5.74, 6) is 1.26. The molecule has 2 aromatic rings. The van der Waals surface area contributed by atoms with Crippen LogP contribution in [0, 0.1) is 0 Å². The molecule has 1 aliphatic carbocycles. The number of anilines is 3. The van der Waals surface area contributed by atoms with Crippen LogP contribution in [-0.4, -0.2) is 101 Å².